The van der Waals surface area contributed by atoms with E-state index in [1.807, 2.05) is 121 Å². The van der Waals surface area contributed by atoms with Crippen molar-refractivity contribution in [3.05, 3.63) is 146 Å². The molecule has 5 aromatic carbocycles. The van der Waals surface area contributed by atoms with Gasteiger partial charge in [-0.1, -0.05) is 115 Å². The maximum atomic E-state index is 6.11. The first kappa shape index (κ1) is 26.8. The number of nitrogens with zero attached hydrogens (tertiary/aromatic N) is 6. The molecule has 0 spiro atoms. The average Bonchev–Trinajstić information content (AvgIpc) is 3.53. The number of para-hydroxylation sites is 2. The number of furan rings is 1. The first-order chi connectivity index (χ1) is 23.3. The quantitative estimate of drug-likeness (QED) is 0.193. The topological polar surface area (TPSA) is 90.5 Å². The Balaban J connectivity index is 1.15. The van der Waals surface area contributed by atoms with Crippen LogP contribution in [0, 0.1) is 0 Å². The van der Waals surface area contributed by atoms with Crippen LogP contribution in [0.4, 0.5) is 0 Å². The fourth-order valence-corrected chi connectivity index (χ4v) is 5.91. The fourth-order valence-electron chi connectivity index (χ4n) is 5.91. The average molecular weight is 605 g/mol. The van der Waals surface area contributed by atoms with Gasteiger partial charge in [0, 0.05) is 44.7 Å². The van der Waals surface area contributed by atoms with Crippen molar-refractivity contribution in [1.29, 1.82) is 0 Å². The van der Waals surface area contributed by atoms with Gasteiger partial charge in [-0.15, -0.1) is 10.2 Å². The highest BCUT2D eigenvalue weighted by molar-refractivity contribution is 6.03. The van der Waals surface area contributed by atoms with Crippen LogP contribution in [0.1, 0.15) is 0 Å². The number of rotatable bonds is 5. The summed E-state index contributed by atoms with van der Waals surface area (Å²) >= 11 is 0. The van der Waals surface area contributed by atoms with E-state index < -0.39 is 0 Å². The molecule has 0 fully saturated rings. The van der Waals surface area contributed by atoms with E-state index in [1.165, 1.54) is 0 Å². The standard InChI is InChI=1S/C40H24N6O/c1-3-11-26(12-4-1)38-42-39(27-13-5-2-6-14-27)44-40(43-38)29-17-9-16-28(23-29)32-22-21-25-15-10-19-30(36(25)41-32)33-24-35-37(46-45-33)31-18-7-8-20-34(31)47-35/h1-24H. The fraction of sp³-hybridized carbons (Fsp3) is 0. The van der Waals surface area contributed by atoms with Gasteiger partial charge in [0.15, 0.2) is 23.1 Å². The van der Waals surface area contributed by atoms with Gasteiger partial charge in [0.2, 0.25) is 0 Å². The molecule has 220 valence electrons. The van der Waals surface area contributed by atoms with E-state index >= 15 is 0 Å². The molecule has 0 radical (unpaired) electrons. The molecule has 0 bridgehead atoms. The maximum absolute atomic E-state index is 6.11. The number of benzene rings is 5. The predicted octanol–water partition coefficient (Wildman–Crippen LogP) is 9.44. The van der Waals surface area contributed by atoms with Crippen LogP contribution in [0.2, 0.25) is 0 Å². The minimum atomic E-state index is 0.593. The summed E-state index contributed by atoms with van der Waals surface area (Å²) in [6, 6.07) is 48.2. The van der Waals surface area contributed by atoms with E-state index in [0.717, 1.165) is 60.9 Å². The molecule has 0 aliphatic carbocycles. The summed E-state index contributed by atoms with van der Waals surface area (Å²) in [6.07, 6.45) is 0. The summed E-state index contributed by atoms with van der Waals surface area (Å²) in [5.74, 6) is 1.84. The Hall–Kier alpha value is -6.60. The summed E-state index contributed by atoms with van der Waals surface area (Å²) in [5, 5.41) is 11.1. The summed E-state index contributed by atoms with van der Waals surface area (Å²) in [7, 11) is 0. The lowest BCUT2D eigenvalue weighted by atomic mass is 10.0. The third-order valence-electron chi connectivity index (χ3n) is 8.23. The third-order valence-corrected chi connectivity index (χ3v) is 8.23. The highest BCUT2D eigenvalue weighted by Gasteiger charge is 2.16. The van der Waals surface area contributed by atoms with Crippen molar-refractivity contribution < 1.29 is 4.42 Å². The number of fused-ring (bicyclic) bond motifs is 4. The van der Waals surface area contributed by atoms with E-state index in [9.17, 15) is 0 Å². The van der Waals surface area contributed by atoms with Crippen molar-refractivity contribution in [3.63, 3.8) is 0 Å². The van der Waals surface area contributed by atoms with Gasteiger partial charge in [-0.05, 0) is 24.3 Å². The second-order valence-corrected chi connectivity index (χ2v) is 11.2. The van der Waals surface area contributed by atoms with Gasteiger partial charge in [0.05, 0.1) is 16.9 Å². The van der Waals surface area contributed by atoms with Gasteiger partial charge in [-0.2, -0.15) is 0 Å². The number of hydrogen-bond acceptors (Lipinski definition) is 7. The lowest BCUT2D eigenvalue weighted by Gasteiger charge is -2.10. The smallest absolute Gasteiger partial charge is 0.164 e. The summed E-state index contributed by atoms with van der Waals surface area (Å²) in [6.45, 7) is 0. The Morgan fingerprint density at radius 2 is 1.02 bits per heavy atom. The van der Waals surface area contributed by atoms with Crippen molar-refractivity contribution in [1.82, 2.24) is 30.1 Å². The first-order valence-corrected chi connectivity index (χ1v) is 15.3. The van der Waals surface area contributed by atoms with E-state index in [1.54, 1.807) is 0 Å². The molecule has 47 heavy (non-hydrogen) atoms. The molecule has 0 aliphatic heterocycles. The molecule has 0 atom stereocenters. The molecule has 4 aromatic heterocycles. The van der Waals surface area contributed by atoms with Crippen LogP contribution in [0.15, 0.2) is 150 Å². The largest absolute Gasteiger partial charge is 0.454 e. The zero-order valence-electron chi connectivity index (χ0n) is 24.9. The molecule has 7 nitrogen and oxygen atoms in total. The molecule has 0 aliphatic rings. The van der Waals surface area contributed by atoms with Crippen molar-refractivity contribution >= 4 is 33.0 Å². The highest BCUT2D eigenvalue weighted by Crippen LogP contribution is 2.33. The third kappa shape index (κ3) is 4.87. The summed E-state index contributed by atoms with van der Waals surface area (Å²) in [5.41, 5.74) is 9.14. The van der Waals surface area contributed by atoms with E-state index in [-0.39, 0.29) is 0 Å². The molecular weight excluding hydrogens is 580 g/mol. The van der Waals surface area contributed by atoms with E-state index in [2.05, 4.69) is 34.5 Å². The molecule has 0 amide bonds. The van der Waals surface area contributed by atoms with Crippen LogP contribution in [0.25, 0.3) is 89.7 Å². The summed E-state index contributed by atoms with van der Waals surface area (Å²) in [4.78, 5) is 19.8. The van der Waals surface area contributed by atoms with Gasteiger partial charge in [-0.25, -0.2) is 19.9 Å². The zero-order valence-corrected chi connectivity index (χ0v) is 24.9. The lowest BCUT2D eigenvalue weighted by molar-refractivity contribution is 0.667. The minimum absolute atomic E-state index is 0.593. The second kappa shape index (κ2) is 11.1. The zero-order chi connectivity index (χ0) is 31.2. The van der Waals surface area contributed by atoms with Crippen molar-refractivity contribution in [3.8, 4) is 56.7 Å². The number of aromatic nitrogens is 6. The Morgan fingerprint density at radius 3 is 1.79 bits per heavy atom. The van der Waals surface area contributed by atoms with Crippen molar-refractivity contribution in [2.45, 2.75) is 0 Å². The molecule has 0 N–H and O–H groups in total. The maximum Gasteiger partial charge on any atom is 0.164 e. The van der Waals surface area contributed by atoms with Crippen LogP contribution in [-0.2, 0) is 0 Å². The van der Waals surface area contributed by atoms with Crippen molar-refractivity contribution in [2.24, 2.45) is 0 Å². The second-order valence-electron chi connectivity index (χ2n) is 11.2. The molecule has 7 heteroatoms. The Bertz CT molecular complexity index is 2520. The van der Waals surface area contributed by atoms with Crippen molar-refractivity contribution in [2.75, 3.05) is 0 Å². The van der Waals surface area contributed by atoms with Gasteiger partial charge in [0.25, 0.3) is 0 Å². The Labute approximate surface area is 269 Å². The van der Waals surface area contributed by atoms with Gasteiger partial charge in [0.1, 0.15) is 11.1 Å². The predicted molar refractivity (Wildman–Crippen MR) is 185 cm³/mol. The van der Waals surface area contributed by atoms with Gasteiger partial charge >= 0.3 is 0 Å². The highest BCUT2D eigenvalue weighted by atomic mass is 16.3. The van der Waals surface area contributed by atoms with Crippen LogP contribution in [-0.4, -0.2) is 30.1 Å². The molecule has 0 unspecified atom stereocenters. The van der Waals surface area contributed by atoms with Gasteiger partial charge in [-0.3, -0.25) is 0 Å². The molecule has 0 saturated heterocycles. The Kier molecular flexibility index (Phi) is 6.31. The van der Waals surface area contributed by atoms with E-state index in [4.69, 9.17) is 24.4 Å². The monoisotopic (exact) mass is 604 g/mol. The van der Waals surface area contributed by atoms with E-state index in [0.29, 0.717) is 28.8 Å². The number of pyridine rings is 1. The molecule has 0 saturated carbocycles. The van der Waals surface area contributed by atoms with Crippen LogP contribution >= 0.6 is 0 Å². The molecule has 9 rings (SSSR count). The molecule has 4 heterocycles. The van der Waals surface area contributed by atoms with Crippen LogP contribution in [0.5, 0.6) is 0 Å². The SMILES string of the molecule is c1ccc(-c2nc(-c3ccccc3)nc(-c3cccc(-c4ccc5cccc(-c6cc7oc8ccccc8c7nn6)c5n4)c3)n2)cc1. The van der Waals surface area contributed by atoms with Crippen LogP contribution in [0.3, 0.4) is 0 Å². The normalized spacial score (nSPS) is 11.4. The van der Waals surface area contributed by atoms with Crippen LogP contribution < -0.4 is 0 Å². The number of hydrogen-bond donors (Lipinski definition) is 0. The molecular formula is C40H24N6O. The molecule has 9 aromatic rings. The van der Waals surface area contributed by atoms with Gasteiger partial charge < -0.3 is 4.42 Å². The summed E-state index contributed by atoms with van der Waals surface area (Å²) < 4.78 is 6.11. The first-order valence-electron chi connectivity index (χ1n) is 15.3. The minimum Gasteiger partial charge on any atom is -0.454 e. The Morgan fingerprint density at radius 1 is 0.383 bits per heavy atom. The lowest BCUT2D eigenvalue weighted by Crippen LogP contribution is -2.00.